The molecule has 0 saturated heterocycles. The highest BCUT2D eigenvalue weighted by molar-refractivity contribution is 7.93. The maximum Gasteiger partial charge on any atom is 0.345 e. The summed E-state index contributed by atoms with van der Waals surface area (Å²) in [5.41, 5.74) is 0.882. The summed E-state index contributed by atoms with van der Waals surface area (Å²) < 4.78 is 27.0. The Labute approximate surface area is 125 Å². The van der Waals surface area contributed by atoms with E-state index in [2.05, 4.69) is 4.72 Å². The number of thiophene rings is 1. The fourth-order valence-electron chi connectivity index (χ4n) is 1.78. The van der Waals surface area contributed by atoms with Gasteiger partial charge in [-0.25, -0.2) is 13.2 Å². The number of nitrogens with one attached hydrogen (secondary N) is 1. The summed E-state index contributed by atoms with van der Waals surface area (Å²) in [6.45, 7) is 1.35. The van der Waals surface area contributed by atoms with Gasteiger partial charge < -0.3 is 10.2 Å². The second-order valence-corrected chi connectivity index (χ2v) is 7.21. The summed E-state index contributed by atoms with van der Waals surface area (Å²) in [4.78, 5) is 11.2. The third-order valence-electron chi connectivity index (χ3n) is 2.73. The van der Waals surface area contributed by atoms with E-state index in [1.165, 1.54) is 6.07 Å². The van der Waals surface area contributed by atoms with Gasteiger partial charge in [0, 0.05) is 10.6 Å². The molecule has 0 saturated carbocycles. The number of carboxylic acids is 1. The molecule has 2 aromatic rings. The van der Waals surface area contributed by atoms with E-state index in [9.17, 15) is 13.2 Å². The number of carbonyl (C=O) groups is 1. The van der Waals surface area contributed by atoms with Crippen molar-refractivity contribution in [2.24, 2.45) is 0 Å². The molecule has 1 aromatic carbocycles. The van der Waals surface area contributed by atoms with Crippen LogP contribution in [0.25, 0.3) is 0 Å². The van der Waals surface area contributed by atoms with Gasteiger partial charge in [-0.3, -0.25) is 4.72 Å². The Morgan fingerprint density at radius 1 is 1.33 bits per heavy atom. The van der Waals surface area contributed by atoms with Crippen LogP contribution < -0.4 is 4.72 Å². The predicted molar refractivity (Wildman–Crippen MR) is 79.2 cm³/mol. The lowest BCUT2D eigenvalue weighted by Gasteiger charge is -2.08. The first-order valence-electron chi connectivity index (χ1n) is 5.90. The van der Waals surface area contributed by atoms with Crippen molar-refractivity contribution in [3.05, 3.63) is 45.6 Å². The standard InChI is InChI=1S/C13H13NO5S2/c1-8-12(6-11(20-8)13(16)17)21(18,19)14-10-4-2-3-9(5-10)7-15/h2-6,14-15H,7H2,1H3,(H,16,17). The average Bonchev–Trinajstić information content (AvgIpc) is 2.81. The van der Waals surface area contributed by atoms with Crippen LogP contribution in [0.5, 0.6) is 0 Å². The minimum atomic E-state index is -3.87. The quantitative estimate of drug-likeness (QED) is 0.780. The zero-order valence-electron chi connectivity index (χ0n) is 11.0. The molecule has 0 unspecified atom stereocenters. The summed E-state index contributed by atoms with van der Waals surface area (Å²) in [5, 5.41) is 18.0. The van der Waals surface area contributed by atoms with Gasteiger partial charge >= 0.3 is 5.97 Å². The zero-order valence-corrected chi connectivity index (χ0v) is 12.7. The Morgan fingerprint density at radius 3 is 2.62 bits per heavy atom. The first kappa shape index (κ1) is 15.5. The Bertz CT molecular complexity index is 780. The van der Waals surface area contributed by atoms with E-state index in [-0.39, 0.29) is 16.4 Å². The first-order valence-corrected chi connectivity index (χ1v) is 8.20. The lowest BCUT2D eigenvalue weighted by atomic mass is 10.2. The zero-order chi connectivity index (χ0) is 15.6. The SMILES string of the molecule is Cc1sc(C(=O)O)cc1S(=O)(=O)Nc1cccc(CO)c1. The third kappa shape index (κ3) is 3.41. The number of aromatic carboxylic acids is 1. The molecule has 8 heteroatoms. The molecule has 0 amide bonds. The Kier molecular flexibility index (Phi) is 4.31. The fourth-order valence-corrected chi connectivity index (χ4v) is 4.26. The number of sulfonamides is 1. The number of aryl methyl sites for hydroxylation is 1. The van der Waals surface area contributed by atoms with Crippen LogP contribution in [-0.4, -0.2) is 24.6 Å². The van der Waals surface area contributed by atoms with Crippen LogP contribution in [0.4, 0.5) is 5.69 Å². The number of hydrogen-bond donors (Lipinski definition) is 3. The van der Waals surface area contributed by atoms with Crippen LogP contribution >= 0.6 is 11.3 Å². The lowest BCUT2D eigenvalue weighted by molar-refractivity contribution is 0.0702. The Morgan fingerprint density at radius 2 is 2.05 bits per heavy atom. The van der Waals surface area contributed by atoms with E-state index in [1.807, 2.05) is 0 Å². The van der Waals surface area contributed by atoms with Crippen molar-refractivity contribution in [3.63, 3.8) is 0 Å². The minimum absolute atomic E-state index is 0.0306. The van der Waals surface area contributed by atoms with Crippen molar-refractivity contribution in [2.45, 2.75) is 18.4 Å². The van der Waals surface area contributed by atoms with Gasteiger partial charge in [0.25, 0.3) is 10.0 Å². The van der Waals surface area contributed by atoms with E-state index >= 15 is 0 Å². The van der Waals surface area contributed by atoms with E-state index in [0.717, 1.165) is 17.4 Å². The van der Waals surface area contributed by atoms with E-state index < -0.39 is 16.0 Å². The molecule has 0 bridgehead atoms. The van der Waals surface area contributed by atoms with Crippen molar-refractivity contribution in [3.8, 4) is 0 Å². The van der Waals surface area contributed by atoms with Crippen LogP contribution in [-0.2, 0) is 16.6 Å². The van der Waals surface area contributed by atoms with Gasteiger partial charge in [-0.1, -0.05) is 12.1 Å². The van der Waals surface area contributed by atoms with Crippen molar-refractivity contribution in [1.82, 2.24) is 0 Å². The fraction of sp³-hybridized carbons (Fsp3) is 0.154. The number of carboxylic acid groups (broad SMARTS) is 1. The number of aliphatic hydroxyl groups is 1. The third-order valence-corrected chi connectivity index (χ3v) is 5.41. The van der Waals surface area contributed by atoms with Crippen LogP contribution in [0, 0.1) is 6.92 Å². The van der Waals surface area contributed by atoms with Gasteiger partial charge in [0.1, 0.15) is 9.77 Å². The summed E-state index contributed by atoms with van der Waals surface area (Å²) in [7, 11) is -3.87. The van der Waals surface area contributed by atoms with Gasteiger partial charge in [-0.05, 0) is 30.7 Å². The molecular weight excluding hydrogens is 314 g/mol. The normalized spacial score (nSPS) is 11.3. The number of anilines is 1. The molecule has 0 atom stereocenters. The van der Waals surface area contributed by atoms with Gasteiger partial charge in [-0.2, -0.15) is 0 Å². The number of aliphatic hydroxyl groups excluding tert-OH is 1. The monoisotopic (exact) mass is 327 g/mol. The molecule has 6 nitrogen and oxygen atoms in total. The summed E-state index contributed by atoms with van der Waals surface area (Å²) >= 11 is 0.909. The van der Waals surface area contributed by atoms with Gasteiger partial charge in [0.05, 0.1) is 6.61 Å². The van der Waals surface area contributed by atoms with Crippen LogP contribution in [0.2, 0.25) is 0 Å². The van der Waals surface area contributed by atoms with Gasteiger partial charge in [0.2, 0.25) is 0 Å². The smallest absolute Gasteiger partial charge is 0.345 e. The molecule has 112 valence electrons. The maximum atomic E-state index is 12.3. The summed E-state index contributed by atoms with van der Waals surface area (Å²) in [6.07, 6.45) is 0. The van der Waals surface area contributed by atoms with Crippen molar-refractivity contribution in [2.75, 3.05) is 4.72 Å². The highest BCUT2D eigenvalue weighted by Crippen LogP contribution is 2.27. The van der Waals surface area contributed by atoms with Crippen LogP contribution in [0.1, 0.15) is 20.1 Å². The molecule has 0 spiro atoms. The molecule has 0 radical (unpaired) electrons. The first-order chi connectivity index (χ1) is 9.83. The molecule has 1 heterocycles. The van der Waals surface area contributed by atoms with E-state index in [4.69, 9.17) is 10.2 Å². The number of benzene rings is 1. The highest BCUT2D eigenvalue weighted by Gasteiger charge is 2.22. The topological polar surface area (TPSA) is 104 Å². The van der Waals surface area contributed by atoms with Crippen LogP contribution in [0.3, 0.4) is 0 Å². The van der Waals surface area contributed by atoms with E-state index in [0.29, 0.717) is 16.1 Å². The Balaban J connectivity index is 2.36. The molecule has 0 aliphatic heterocycles. The molecular formula is C13H13NO5S2. The molecule has 0 fully saturated rings. The van der Waals surface area contributed by atoms with E-state index in [1.54, 1.807) is 25.1 Å². The molecule has 3 N–H and O–H groups in total. The molecule has 1 aromatic heterocycles. The second-order valence-electron chi connectivity index (χ2n) is 4.30. The van der Waals surface area contributed by atoms with Crippen molar-refractivity contribution < 1.29 is 23.4 Å². The molecule has 0 aliphatic rings. The molecule has 21 heavy (non-hydrogen) atoms. The Hall–Kier alpha value is -1.90. The number of rotatable bonds is 5. The highest BCUT2D eigenvalue weighted by atomic mass is 32.2. The van der Waals surface area contributed by atoms with Gasteiger partial charge in [-0.15, -0.1) is 11.3 Å². The summed E-state index contributed by atoms with van der Waals surface area (Å²) in [5.74, 6) is -1.16. The minimum Gasteiger partial charge on any atom is -0.477 e. The predicted octanol–water partition coefficient (Wildman–Crippen LogP) is 2.05. The number of hydrogen-bond acceptors (Lipinski definition) is 5. The second kappa shape index (κ2) is 5.84. The largest absolute Gasteiger partial charge is 0.477 e. The van der Waals surface area contributed by atoms with Crippen molar-refractivity contribution in [1.29, 1.82) is 0 Å². The summed E-state index contributed by atoms with van der Waals surface area (Å²) in [6, 6.07) is 7.48. The maximum absolute atomic E-state index is 12.3. The van der Waals surface area contributed by atoms with Crippen LogP contribution in [0.15, 0.2) is 35.2 Å². The lowest BCUT2D eigenvalue weighted by Crippen LogP contribution is -2.13. The average molecular weight is 327 g/mol. The molecule has 0 aliphatic carbocycles. The van der Waals surface area contributed by atoms with Gasteiger partial charge in [0.15, 0.2) is 0 Å². The molecule has 2 rings (SSSR count). The van der Waals surface area contributed by atoms with Crippen molar-refractivity contribution >= 4 is 33.0 Å².